The second-order valence-corrected chi connectivity index (χ2v) is 10.6. The zero-order valence-electron chi connectivity index (χ0n) is 19.5. The molecule has 5 rings (SSSR count). The summed E-state index contributed by atoms with van der Waals surface area (Å²) in [7, 11) is 3.97. The summed E-state index contributed by atoms with van der Waals surface area (Å²) in [6.07, 6.45) is 15.0. The Hall–Kier alpha value is -3.19. The normalized spacial score (nSPS) is 19.3. The average molecular weight is 461 g/mol. The van der Waals surface area contributed by atoms with E-state index in [1.165, 1.54) is 11.3 Å². The monoisotopic (exact) mass is 460 g/mol. The quantitative estimate of drug-likeness (QED) is 0.582. The molecular formula is C26H28N4O2S. The Morgan fingerprint density at radius 1 is 1.21 bits per heavy atom. The van der Waals surface area contributed by atoms with Crippen LogP contribution < -0.4 is 9.80 Å². The smallest absolute Gasteiger partial charge is 0.194 e. The van der Waals surface area contributed by atoms with Crippen LogP contribution in [0.1, 0.15) is 54.0 Å². The van der Waals surface area contributed by atoms with Gasteiger partial charge in [-0.1, -0.05) is 37.3 Å². The van der Waals surface area contributed by atoms with Crippen molar-refractivity contribution in [1.29, 1.82) is 0 Å². The fraction of sp³-hybridized carbons (Fsp3) is 0.346. The van der Waals surface area contributed by atoms with Gasteiger partial charge in [0, 0.05) is 44.0 Å². The van der Waals surface area contributed by atoms with E-state index in [0.29, 0.717) is 6.42 Å². The SMILES string of the molecule is CN(C)c1ccc(C2=C(C3=CN(c4nc5c(s4)C(=O)CC(C)(C)C5)C=CO3)CCC=C2)cn1. The fourth-order valence-corrected chi connectivity index (χ4v) is 5.43. The highest BCUT2D eigenvalue weighted by molar-refractivity contribution is 7.17. The molecule has 170 valence electrons. The standard InChI is InChI=1S/C26H28N4O2S/c1-26(2)13-20-24(21(31)14-26)33-25(28-20)30-11-12-32-22(16-30)19-8-6-5-7-18(19)17-9-10-23(27-15-17)29(3)4/h5,7,9-12,15-16H,6,8,13-14H2,1-4H3. The van der Waals surface area contributed by atoms with Crippen molar-refractivity contribution in [3.63, 3.8) is 0 Å². The molecule has 0 atom stereocenters. The molecule has 33 heavy (non-hydrogen) atoms. The van der Waals surface area contributed by atoms with Crippen LogP contribution in [0.4, 0.5) is 10.9 Å². The lowest BCUT2D eigenvalue weighted by Crippen LogP contribution is -2.26. The van der Waals surface area contributed by atoms with Gasteiger partial charge in [-0.3, -0.25) is 9.69 Å². The summed E-state index contributed by atoms with van der Waals surface area (Å²) in [5.41, 5.74) is 4.20. The summed E-state index contributed by atoms with van der Waals surface area (Å²) in [5, 5.41) is 0.800. The first-order chi connectivity index (χ1) is 15.8. The van der Waals surface area contributed by atoms with Crippen LogP contribution in [0.25, 0.3) is 5.57 Å². The van der Waals surface area contributed by atoms with E-state index in [9.17, 15) is 4.79 Å². The molecule has 3 heterocycles. The number of hydrogen-bond donors (Lipinski definition) is 0. The number of Topliss-reactive ketones (excluding diaryl/α,β-unsaturated/α-hetero) is 1. The maximum Gasteiger partial charge on any atom is 0.194 e. The maximum atomic E-state index is 12.6. The Kier molecular flexibility index (Phi) is 5.44. The van der Waals surface area contributed by atoms with E-state index in [4.69, 9.17) is 9.72 Å². The lowest BCUT2D eigenvalue weighted by atomic mass is 9.78. The topological polar surface area (TPSA) is 58.6 Å². The molecule has 0 N–H and O–H groups in total. The number of nitrogens with zero attached hydrogens (tertiary/aromatic N) is 4. The van der Waals surface area contributed by atoms with Crippen molar-refractivity contribution in [3.05, 3.63) is 76.6 Å². The van der Waals surface area contributed by atoms with Crippen molar-refractivity contribution < 1.29 is 9.53 Å². The van der Waals surface area contributed by atoms with Gasteiger partial charge in [0.15, 0.2) is 10.9 Å². The van der Waals surface area contributed by atoms with E-state index in [1.807, 2.05) is 48.6 Å². The highest BCUT2D eigenvalue weighted by Gasteiger charge is 2.34. The predicted octanol–water partition coefficient (Wildman–Crippen LogP) is 5.71. The Morgan fingerprint density at radius 2 is 2.06 bits per heavy atom. The van der Waals surface area contributed by atoms with Gasteiger partial charge < -0.3 is 9.64 Å². The molecule has 2 aromatic heterocycles. The third-order valence-electron chi connectivity index (χ3n) is 6.10. The van der Waals surface area contributed by atoms with E-state index < -0.39 is 0 Å². The lowest BCUT2D eigenvalue weighted by molar-refractivity contribution is 0.0916. The van der Waals surface area contributed by atoms with Crippen LogP contribution in [0.15, 0.2) is 60.5 Å². The first-order valence-corrected chi connectivity index (χ1v) is 12.0. The fourth-order valence-electron chi connectivity index (χ4n) is 4.46. The van der Waals surface area contributed by atoms with E-state index in [-0.39, 0.29) is 11.2 Å². The van der Waals surface area contributed by atoms with Crippen molar-refractivity contribution >= 4 is 33.6 Å². The number of aromatic nitrogens is 2. The summed E-state index contributed by atoms with van der Waals surface area (Å²) >= 11 is 1.47. The van der Waals surface area contributed by atoms with Crippen LogP contribution in [-0.2, 0) is 11.2 Å². The van der Waals surface area contributed by atoms with Gasteiger partial charge in [0.1, 0.15) is 17.8 Å². The predicted molar refractivity (Wildman–Crippen MR) is 133 cm³/mol. The number of carbonyl (C=O) groups is 1. The van der Waals surface area contributed by atoms with Gasteiger partial charge in [-0.2, -0.15) is 0 Å². The molecular weight excluding hydrogens is 432 g/mol. The Bertz CT molecular complexity index is 1220. The number of allylic oxidation sites excluding steroid dienone is 4. The molecule has 2 aliphatic carbocycles. The average Bonchev–Trinajstić information content (AvgIpc) is 3.23. The maximum absolute atomic E-state index is 12.6. The van der Waals surface area contributed by atoms with E-state index >= 15 is 0 Å². The summed E-state index contributed by atoms with van der Waals surface area (Å²) < 4.78 is 5.97. The van der Waals surface area contributed by atoms with E-state index in [0.717, 1.165) is 63.3 Å². The van der Waals surface area contributed by atoms with Gasteiger partial charge in [-0.05, 0) is 42.4 Å². The number of carbonyl (C=O) groups excluding carboxylic acids is 1. The molecule has 0 saturated carbocycles. The van der Waals surface area contributed by atoms with Crippen LogP contribution in [0.3, 0.4) is 0 Å². The summed E-state index contributed by atoms with van der Waals surface area (Å²) in [4.78, 5) is 26.8. The number of ether oxygens (including phenoxy) is 1. The van der Waals surface area contributed by atoms with Gasteiger partial charge in [-0.25, -0.2) is 9.97 Å². The van der Waals surface area contributed by atoms with Crippen LogP contribution in [0, 0.1) is 5.41 Å². The minimum atomic E-state index is -0.0401. The van der Waals surface area contributed by atoms with Crippen LogP contribution in [0.5, 0.6) is 0 Å². The second-order valence-electron chi connectivity index (χ2n) is 9.65. The van der Waals surface area contributed by atoms with Crippen LogP contribution >= 0.6 is 11.3 Å². The van der Waals surface area contributed by atoms with Gasteiger partial charge >= 0.3 is 0 Å². The van der Waals surface area contributed by atoms with Gasteiger partial charge in [-0.15, -0.1) is 0 Å². The van der Waals surface area contributed by atoms with Crippen LogP contribution in [-0.4, -0.2) is 29.8 Å². The summed E-state index contributed by atoms with van der Waals surface area (Å²) in [6, 6.07) is 4.13. The first-order valence-electron chi connectivity index (χ1n) is 11.2. The number of thiazole rings is 1. The molecule has 0 saturated heterocycles. The molecule has 1 aliphatic heterocycles. The molecule has 3 aliphatic rings. The molecule has 0 bridgehead atoms. The van der Waals surface area contributed by atoms with Crippen LogP contribution in [0.2, 0.25) is 0 Å². The highest BCUT2D eigenvalue weighted by Crippen LogP contribution is 2.41. The Labute approximate surface area is 198 Å². The number of anilines is 2. The zero-order chi connectivity index (χ0) is 23.2. The summed E-state index contributed by atoms with van der Waals surface area (Å²) in [6.45, 7) is 4.26. The largest absolute Gasteiger partial charge is 0.462 e. The lowest BCUT2D eigenvalue weighted by Gasteiger charge is -2.26. The third-order valence-corrected chi connectivity index (χ3v) is 7.26. The molecule has 0 aromatic carbocycles. The van der Waals surface area contributed by atoms with Crippen molar-refractivity contribution in [2.45, 2.75) is 39.5 Å². The van der Waals surface area contributed by atoms with Crippen molar-refractivity contribution in [2.75, 3.05) is 23.9 Å². The minimum Gasteiger partial charge on any atom is -0.462 e. The van der Waals surface area contributed by atoms with Crippen molar-refractivity contribution in [2.24, 2.45) is 5.41 Å². The Balaban J connectivity index is 1.49. The number of hydrogen-bond acceptors (Lipinski definition) is 7. The molecule has 6 nitrogen and oxygen atoms in total. The number of pyridine rings is 1. The van der Waals surface area contributed by atoms with Crippen molar-refractivity contribution in [3.8, 4) is 0 Å². The van der Waals surface area contributed by atoms with Gasteiger partial charge in [0.2, 0.25) is 0 Å². The summed E-state index contributed by atoms with van der Waals surface area (Å²) in [5.74, 6) is 1.92. The second kappa shape index (κ2) is 8.30. The van der Waals surface area contributed by atoms with Gasteiger partial charge in [0.25, 0.3) is 0 Å². The first kappa shape index (κ1) is 21.6. The zero-order valence-corrected chi connectivity index (χ0v) is 20.3. The number of fused-ring (bicyclic) bond motifs is 1. The van der Waals surface area contributed by atoms with E-state index in [1.54, 1.807) is 6.26 Å². The van der Waals surface area contributed by atoms with E-state index in [2.05, 4.69) is 37.0 Å². The number of ketones is 1. The molecule has 0 fully saturated rings. The number of rotatable bonds is 4. The van der Waals surface area contributed by atoms with Gasteiger partial charge in [0.05, 0.1) is 16.8 Å². The third kappa shape index (κ3) is 4.25. The Morgan fingerprint density at radius 3 is 2.82 bits per heavy atom. The molecule has 0 amide bonds. The van der Waals surface area contributed by atoms with Crippen molar-refractivity contribution in [1.82, 2.24) is 9.97 Å². The minimum absolute atomic E-state index is 0.0401. The molecule has 7 heteroatoms. The molecule has 0 spiro atoms. The molecule has 0 unspecified atom stereocenters. The highest BCUT2D eigenvalue weighted by atomic mass is 32.1. The molecule has 0 radical (unpaired) electrons. The molecule has 2 aromatic rings.